The zero-order valence-electron chi connectivity index (χ0n) is 17.5. The Morgan fingerprint density at radius 1 is 1.28 bits per heavy atom. The van der Waals surface area contributed by atoms with Gasteiger partial charge in [0.1, 0.15) is 4.70 Å². The van der Waals surface area contributed by atoms with Crippen LogP contribution in [0.25, 0.3) is 20.7 Å². The van der Waals surface area contributed by atoms with E-state index < -0.39 is 17.7 Å². The van der Waals surface area contributed by atoms with Gasteiger partial charge in [-0.1, -0.05) is 13.8 Å². The van der Waals surface area contributed by atoms with Crippen molar-refractivity contribution < 1.29 is 9.53 Å². The maximum atomic E-state index is 12.7. The van der Waals surface area contributed by atoms with Gasteiger partial charge in [0, 0.05) is 22.3 Å². The summed E-state index contributed by atoms with van der Waals surface area (Å²) in [5, 5.41) is 2.77. The summed E-state index contributed by atoms with van der Waals surface area (Å²) in [6.45, 7) is 11.4. The van der Waals surface area contributed by atoms with Gasteiger partial charge in [-0.15, -0.1) is 11.3 Å². The van der Waals surface area contributed by atoms with Crippen LogP contribution in [0.4, 0.5) is 4.79 Å². The molecule has 0 fully saturated rings. The van der Waals surface area contributed by atoms with Crippen LogP contribution in [0, 0.1) is 12.8 Å². The molecule has 154 valence electrons. The number of fused-ring (bicyclic) bond motifs is 1. The summed E-state index contributed by atoms with van der Waals surface area (Å²) < 4.78 is 6.14. The zero-order chi connectivity index (χ0) is 21.3. The molecule has 0 radical (unpaired) electrons. The monoisotopic (exact) mass is 414 g/mol. The van der Waals surface area contributed by atoms with Crippen LogP contribution in [-0.4, -0.2) is 26.6 Å². The third kappa shape index (κ3) is 5.00. The Morgan fingerprint density at radius 2 is 2.00 bits per heavy atom. The Kier molecular flexibility index (Phi) is 5.75. The van der Waals surface area contributed by atoms with Crippen LogP contribution in [0.5, 0.6) is 0 Å². The highest BCUT2D eigenvalue weighted by molar-refractivity contribution is 7.22. The van der Waals surface area contributed by atoms with Crippen LogP contribution < -0.4 is 10.9 Å². The maximum absolute atomic E-state index is 12.7. The minimum Gasteiger partial charge on any atom is -0.438 e. The Balaban J connectivity index is 1.98. The van der Waals surface area contributed by atoms with Crippen molar-refractivity contribution in [2.45, 2.75) is 53.2 Å². The molecule has 0 aliphatic heterocycles. The van der Waals surface area contributed by atoms with Crippen molar-refractivity contribution in [1.82, 2.24) is 20.3 Å². The van der Waals surface area contributed by atoms with Gasteiger partial charge in [0.2, 0.25) is 0 Å². The molecule has 29 heavy (non-hydrogen) atoms. The van der Waals surface area contributed by atoms with Gasteiger partial charge in [0.25, 0.3) is 5.56 Å². The molecule has 1 amide bonds. The molecule has 3 aromatic rings. The molecule has 0 aliphatic carbocycles. The van der Waals surface area contributed by atoms with Crippen molar-refractivity contribution >= 4 is 27.6 Å². The second-order valence-corrected chi connectivity index (χ2v) is 9.46. The van der Waals surface area contributed by atoms with E-state index in [0.717, 1.165) is 16.1 Å². The highest BCUT2D eigenvalue weighted by Gasteiger charge is 2.26. The fourth-order valence-corrected chi connectivity index (χ4v) is 3.88. The van der Waals surface area contributed by atoms with E-state index >= 15 is 0 Å². The molecular weight excluding hydrogens is 388 g/mol. The smallest absolute Gasteiger partial charge is 0.408 e. The number of nitrogens with one attached hydrogen (secondary N) is 2. The summed E-state index contributed by atoms with van der Waals surface area (Å²) in [5.74, 6) is 0.277. The first-order valence-electron chi connectivity index (χ1n) is 9.49. The van der Waals surface area contributed by atoms with Gasteiger partial charge in [-0.05, 0) is 57.4 Å². The van der Waals surface area contributed by atoms with Gasteiger partial charge in [-0.3, -0.25) is 9.78 Å². The van der Waals surface area contributed by atoms with E-state index in [-0.39, 0.29) is 11.5 Å². The van der Waals surface area contributed by atoms with Crippen molar-refractivity contribution in [2.75, 3.05) is 0 Å². The first kappa shape index (κ1) is 21.0. The molecule has 8 heteroatoms. The van der Waals surface area contributed by atoms with Crippen LogP contribution >= 0.6 is 11.3 Å². The van der Waals surface area contributed by atoms with Gasteiger partial charge in [-0.25, -0.2) is 9.78 Å². The molecule has 3 aromatic heterocycles. The number of hydrogen-bond donors (Lipinski definition) is 2. The summed E-state index contributed by atoms with van der Waals surface area (Å²) in [7, 11) is 0. The molecule has 0 bridgehead atoms. The van der Waals surface area contributed by atoms with Gasteiger partial charge >= 0.3 is 6.09 Å². The van der Waals surface area contributed by atoms with Gasteiger partial charge in [0.05, 0.1) is 5.52 Å². The number of amides is 1. The molecule has 7 nitrogen and oxygen atoms in total. The van der Waals surface area contributed by atoms with Crippen LogP contribution in [0.1, 0.15) is 52.2 Å². The zero-order valence-corrected chi connectivity index (χ0v) is 18.3. The Labute approximate surface area is 173 Å². The number of ether oxygens (including phenoxy) is 1. The highest BCUT2D eigenvalue weighted by Crippen LogP contribution is 2.32. The quantitative estimate of drug-likeness (QED) is 0.651. The number of pyridine rings is 1. The lowest BCUT2D eigenvalue weighted by Crippen LogP contribution is -2.42. The number of hydrogen-bond acceptors (Lipinski definition) is 6. The van der Waals surface area contributed by atoms with Crippen LogP contribution in [0.3, 0.4) is 0 Å². The van der Waals surface area contributed by atoms with E-state index in [4.69, 9.17) is 4.74 Å². The fourth-order valence-electron chi connectivity index (χ4n) is 2.89. The van der Waals surface area contributed by atoms with Crippen molar-refractivity contribution in [1.29, 1.82) is 0 Å². The summed E-state index contributed by atoms with van der Waals surface area (Å²) in [4.78, 5) is 37.5. The molecular formula is C21H26N4O3S. The lowest BCUT2D eigenvalue weighted by atomic mass is 10.1. The molecule has 0 aliphatic rings. The number of rotatable bonds is 4. The number of alkyl carbamates (subject to hydrolysis) is 1. The molecule has 1 atom stereocenters. The van der Waals surface area contributed by atoms with E-state index in [2.05, 4.69) is 20.3 Å². The second kappa shape index (κ2) is 7.94. The molecule has 2 N–H and O–H groups in total. The molecule has 0 saturated heterocycles. The third-order valence-corrected chi connectivity index (χ3v) is 5.34. The fraction of sp³-hybridized carbons (Fsp3) is 0.429. The van der Waals surface area contributed by atoms with Crippen LogP contribution in [0.2, 0.25) is 0 Å². The Bertz CT molecular complexity index is 1100. The minimum atomic E-state index is -0.666. The normalized spacial score (nSPS) is 12.9. The first-order valence-corrected chi connectivity index (χ1v) is 10.3. The average Bonchev–Trinajstić information content (AvgIpc) is 3.02. The lowest BCUT2D eigenvalue weighted by Gasteiger charge is -2.25. The van der Waals surface area contributed by atoms with E-state index in [1.807, 2.05) is 59.7 Å². The summed E-state index contributed by atoms with van der Waals surface area (Å²) >= 11 is 1.38. The molecule has 3 rings (SSSR count). The third-order valence-electron chi connectivity index (χ3n) is 4.17. The number of carbonyl (C=O) groups excluding carboxylic acids is 1. The number of H-pyrrole nitrogens is 1. The van der Waals surface area contributed by atoms with Crippen LogP contribution in [0.15, 0.2) is 29.2 Å². The summed E-state index contributed by atoms with van der Waals surface area (Å²) in [6, 6.07) is 5.76. The highest BCUT2D eigenvalue weighted by atomic mass is 32.1. The van der Waals surface area contributed by atoms with Gasteiger partial charge in [-0.2, -0.15) is 0 Å². The number of aromatic nitrogens is 3. The number of thiophene rings is 1. The Morgan fingerprint density at radius 3 is 2.62 bits per heavy atom. The van der Waals surface area contributed by atoms with E-state index in [0.29, 0.717) is 16.0 Å². The summed E-state index contributed by atoms with van der Waals surface area (Å²) in [6.07, 6.45) is 0.535. The molecule has 0 spiro atoms. The van der Waals surface area contributed by atoms with Gasteiger partial charge in [0.15, 0.2) is 11.9 Å². The topological polar surface area (TPSA) is 97.0 Å². The SMILES string of the molecule is Cc1cc(-c2cc3nc([C@@H](OC(=O)NC(C)(C)C)C(C)C)[nH]c(=O)c3s2)ccn1. The molecule has 0 unspecified atom stereocenters. The minimum absolute atomic E-state index is 0.0673. The van der Waals surface area contributed by atoms with Crippen molar-refractivity contribution in [3.05, 3.63) is 46.3 Å². The largest absolute Gasteiger partial charge is 0.438 e. The van der Waals surface area contributed by atoms with Crippen LogP contribution in [-0.2, 0) is 4.74 Å². The molecule has 3 heterocycles. The lowest BCUT2D eigenvalue weighted by molar-refractivity contribution is 0.0604. The number of aromatic amines is 1. The number of aryl methyl sites for hydroxylation is 1. The predicted molar refractivity (Wildman–Crippen MR) is 115 cm³/mol. The van der Waals surface area contributed by atoms with E-state index in [9.17, 15) is 9.59 Å². The standard InChI is InChI=1S/C21H26N4O3S/c1-11(2)16(28-20(27)25-21(4,5)6)18-23-14-10-15(29-17(14)19(26)24-18)13-7-8-22-12(3)9-13/h7-11,16H,1-6H3,(H,25,27)(H,23,24,26)/t16-/m0/s1. The number of nitrogens with zero attached hydrogens (tertiary/aromatic N) is 2. The summed E-state index contributed by atoms with van der Waals surface area (Å²) in [5.41, 5.74) is 1.82. The Hall–Kier alpha value is -2.74. The predicted octanol–water partition coefficient (Wildman–Crippen LogP) is 4.58. The van der Waals surface area contributed by atoms with Crippen molar-refractivity contribution in [2.24, 2.45) is 5.92 Å². The second-order valence-electron chi connectivity index (χ2n) is 8.41. The van der Waals surface area contributed by atoms with E-state index in [1.165, 1.54) is 11.3 Å². The average molecular weight is 415 g/mol. The molecule has 0 saturated carbocycles. The van der Waals surface area contributed by atoms with Crippen molar-refractivity contribution in [3.63, 3.8) is 0 Å². The van der Waals surface area contributed by atoms with Crippen molar-refractivity contribution in [3.8, 4) is 10.4 Å². The number of carbonyl (C=O) groups is 1. The first-order chi connectivity index (χ1) is 13.5. The molecule has 0 aromatic carbocycles. The van der Waals surface area contributed by atoms with Gasteiger partial charge < -0.3 is 15.0 Å². The van der Waals surface area contributed by atoms with E-state index in [1.54, 1.807) is 6.20 Å². The maximum Gasteiger partial charge on any atom is 0.408 e.